The highest BCUT2D eigenvalue weighted by molar-refractivity contribution is 5.99. The lowest BCUT2D eigenvalue weighted by atomic mass is 9.75. The lowest BCUT2D eigenvalue weighted by Crippen LogP contribution is -2.50. The Morgan fingerprint density at radius 3 is 2.68 bits per heavy atom. The molecule has 0 saturated carbocycles. The number of rotatable bonds is 2. The molecule has 1 atom stereocenters. The highest BCUT2D eigenvalue weighted by Crippen LogP contribution is 2.37. The van der Waals surface area contributed by atoms with Crippen LogP contribution in [0, 0.1) is 11.8 Å². The number of benzene rings is 1. The van der Waals surface area contributed by atoms with Crippen molar-refractivity contribution in [2.75, 3.05) is 26.4 Å². The summed E-state index contributed by atoms with van der Waals surface area (Å²) in [4.78, 5) is 15.1. The highest BCUT2D eigenvalue weighted by atomic mass is 16.7. The molecule has 4 aliphatic heterocycles. The Balaban J connectivity index is 1.60. The van der Waals surface area contributed by atoms with Crippen LogP contribution in [0.15, 0.2) is 18.2 Å². The summed E-state index contributed by atoms with van der Waals surface area (Å²) >= 11 is 0. The van der Waals surface area contributed by atoms with Gasteiger partial charge >= 0.3 is 0 Å². The second-order valence-corrected chi connectivity index (χ2v) is 5.68. The number of carbonyl (C=O) groups excluding carboxylic acids is 1. The van der Waals surface area contributed by atoms with Gasteiger partial charge in [-0.2, -0.15) is 0 Å². The van der Waals surface area contributed by atoms with Crippen LogP contribution in [0.1, 0.15) is 23.2 Å². The third-order valence-corrected chi connectivity index (χ3v) is 4.65. The number of piperidine rings is 3. The molecule has 0 radical (unpaired) electrons. The molecule has 0 aromatic heterocycles. The smallest absolute Gasteiger partial charge is 0.231 e. The molecular weight excluding hydrogens is 242 g/mol. The van der Waals surface area contributed by atoms with Crippen molar-refractivity contribution in [2.24, 2.45) is 11.8 Å². The normalized spacial score (nSPS) is 31.5. The first-order valence-corrected chi connectivity index (χ1v) is 6.97. The first-order valence-electron chi connectivity index (χ1n) is 6.97. The number of nitrogens with zero attached hydrogens (tertiary/aromatic N) is 1. The average Bonchev–Trinajstić information content (AvgIpc) is 2.95. The van der Waals surface area contributed by atoms with Crippen LogP contribution in [0.25, 0.3) is 0 Å². The fourth-order valence-corrected chi connectivity index (χ4v) is 3.53. The van der Waals surface area contributed by atoms with Gasteiger partial charge in [0.2, 0.25) is 6.79 Å². The summed E-state index contributed by atoms with van der Waals surface area (Å²) in [5, 5.41) is 0. The van der Waals surface area contributed by atoms with Crippen LogP contribution in [0.5, 0.6) is 11.5 Å². The van der Waals surface area contributed by atoms with Gasteiger partial charge in [-0.1, -0.05) is 0 Å². The van der Waals surface area contributed by atoms with Crippen molar-refractivity contribution in [3.63, 3.8) is 0 Å². The van der Waals surface area contributed by atoms with Gasteiger partial charge in [0.05, 0.1) is 0 Å². The molecule has 4 nitrogen and oxygen atoms in total. The summed E-state index contributed by atoms with van der Waals surface area (Å²) < 4.78 is 10.6. The van der Waals surface area contributed by atoms with E-state index in [0.29, 0.717) is 11.7 Å². The molecule has 0 amide bonds. The maximum Gasteiger partial charge on any atom is 0.231 e. The SMILES string of the molecule is O=C(c1ccc2c(c1)OCO2)C1CN2CCC1CC2. The van der Waals surface area contributed by atoms with Crippen LogP contribution in [-0.2, 0) is 0 Å². The Bertz CT molecular complexity index is 520. The van der Waals surface area contributed by atoms with E-state index in [-0.39, 0.29) is 18.5 Å². The predicted molar refractivity (Wildman–Crippen MR) is 69.5 cm³/mol. The van der Waals surface area contributed by atoms with Crippen molar-refractivity contribution in [1.29, 1.82) is 0 Å². The van der Waals surface area contributed by atoms with E-state index in [4.69, 9.17) is 9.47 Å². The third kappa shape index (κ3) is 1.82. The van der Waals surface area contributed by atoms with E-state index < -0.39 is 0 Å². The van der Waals surface area contributed by atoms with Gasteiger partial charge in [-0.3, -0.25) is 4.79 Å². The molecule has 4 heterocycles. The van der Waals surface area contributed by atoms with E-state index in [1.807, 2.05) is 18.2 Å². The second kappa shape index (κ2) is 4.23. The van der Waals surface area contributed by atoms with E-state index >= 15 is 0 Å². The van der Waals surface area contributed by atoms with Gasteiger partial charge in [0, 0.05) is 18.0 Å². The monoisotopic (exact) mass is 259 g/mol. The van der Waals surface area contributed by atoms with Crippen LogP contribution < -0.4 is 9.47 Å². The van der Waals surface area contributed by atoms with E-state index in [2.05, 4.69) is 4.90 Å². The van der Waals surface area contributed by atoms with Crippen molar-refractivity contribution >= 4 is 5.78 Å². The summed E-state index contributed by atoms with van der Waals surface area (Å²) in [6, 6.07) is 5.55. The minimum Gasteiger partial charge on any atom is -0.454 e. The molecule has 0 spiro atoms. The summed E-state index contributed by atoms with van der Waals surface area (Å²) in [5.41, 5.74) is 0.767. The number of hydrogen-bond acceptors (Lipinski definition) is 4. The van der Waals surface area contributed by atoms with Crippen molar-refractivity contribution in [1.82, 2.24) is 4.90 Å². The maximum atomic E-state index is 12.7. The van der Waals surface area contributed by atoms with Crippen LogP contribution in [0.3, 0.4) is 0 Å². The van der Waals surface area contributed by atoms with E-state index in [0.717, 1.165) is 30.9 Å². The molecule has 1 unspecified atom stereocenters. The Morgan fingerprint density at radius 2 is 1.95 bits per heavy atom. The van der Waals surface area contributed by atoms with Crippen LogP contribution in [0.2, 0.25) is 0 Å². The molecule has 4 aliphatic rings. The van der Waals surface area contributed by atoms with Crippen LogP contribution in [-0.4, -0.2) is 37.1 Å². The largest absolute Gasteiger partial charge is 0.454 e. The van der Waals surface area contributed by atoms with Crippen molar-refractivity contribution < 1.29 is 14.3 Å². The Kier molecular flexibility index (Phi) is 2.52. The lowest BCUT2D eigenvalue weighted by molar-refractivity contribution is 0.0418. The summed E-state index contributed by atoms with van der Waals surface area (Å²) in [7, 11) is 0. The lowest BCUT2D eigenvalue weighted by Gasteiger charge is -2.44. The molecule has 3 fully saturated rings. The van der Waals surface area contributed by atoms with Gasteiger partial charge < -0.3 is 14.4 Å². The molecule has 0 N–H and O–H groups in total. The molecule has 19 heavy (non-hydrogen) atoms. The minimum atomic E-state index is 0.169. The molecule has 1 aromatic carbocycles. The third-order valence-electron chi connectivity index (χ3n) is 4.65. The summed E-state index contributed by atoms with van der Waals surface area (Å²) in [6.07, 6.45) is 2.34. The molecule has 5 rings (SSSR count). The van der Waals surface area contributed by atoms with E-state index in [9.17, 15) is 4.79 Å². The molecule has 0 aliphatic carbocycles. The standard InChI is InChI=1S/C15H17NO3/c17-15(12-8-16-5-3-10(12)4-6-16)11-1-2-13-14(7-11)19-9-18-13/h1-2,7,10,12H,3-6,8-9H2. The zero-order chi connectivity index (χ0) is 12.8. The predicted octanol–water partition coefficient (Wildman–Crippen LogP) is 1.94. The fraction of sp³-hybridized carbons (Fsp3) is 0.533. The van der Waals surface area contributed by atoms with E-state index in [1.165, 1.54) is 12.8 Å². The zero-order valence-corrected chi connectivity index (χ0v) is 10.8. The van der Waals surface area contributed by atoms with Gasteiger partial charge in [0.1, 0.15) is 0 Å². The van der Waals surface area contributed by atoms with Gasteiger partial charge in [-0.05, 0) is 50.0 Å². The number of carbonyl (C=O) groups is 1. The number of ether oxygens (including phenoxy) is 2. The van der Waals surface area contributed by atoms with E-state index in [1.54, 1.807) is 0 Å². The molecule has 1 aromatic rings. The zero-order valence-electron chi connectivity index (χ0n) is 10.8. The molecule has 2 bridgehead atoms. The van der Waals surface area contributed by atoms with Gasteiger partial charge in [-0.15, -0.1) is 0 Å². The first kappa shape index (κ1) is 11.3. The van der Waals surface area contributed by atoms with Crippen LogP contribution >= 0.6 is 0 Å². The maximum absolute atomic E-state index is 12.7. The van der Waals surface area contributed by atoms with Gasteiger partial charge in [-0.25, -0.2) is 0 Å². The second-order valence-electron chi connectivity index (χ2n) is 5.68. The Hall–Kier alpha value is -1.55. The summed E-state index contributed by atoms with van der Waals surface area (Å²) in [5.74, 6) is 2.45. The molecule has 3 saturated heterocycles. The molecule has 4 heteroatoms. The number of fused-ring (bicyclic) bond motifs is 4. The Labute approximate surface area is 112 Å². The van der Waals surface area contributed by atoms with Crippen LogP contribution in [0.4, 0.5) is 0 Å². The number of hydrogen-bond donors (Lipinski definition) is 0. The van der Waals surface area contributed by atoms with Crippen molar-refractivity contribution in [2.45, 2.75) is 12.8 Å². The topological polar surface area (TPSA) is 38.8 Å². The van der Waals surface area contributed by atoms with Crippen molar-refractivity contribution in [3.05, 3.63) is 23.8 Å². The quantitative estimate of drug-likeness (QED) is 0.761. The Morgan fingerprint density at radius 1 is 1.16 bits per heavy atom. The highest BCUT2D eigenvalue weighted by Gasteiger charge is 2.38. The molecular formula is C15H17NO3. The number of Topliss-reactive ketones (excluding diaryl/α,β-unsaturated/α-hetero) is 1. The van der Waals surface area contributed by atoms with Gasteiger partial charge in [0.15, 0.2) is 17.3 Å². The minimum absolute atomic E-state index is 0.169. The fourth-order valence-electron chi connectivity index (χ4n) is 3.53. The first-order chi connectivity index (χ1) is 9.31. The number of ketones is 1. The van der Waals surface area contributed by atoms with Gasteiger partial charge in [0.25, 0.3) is 0 Å². The summed E-state index contributed by atoms with van der Waals surface area (Å²) in [6.45, 7) is 3.51. The average molecular weight is 259 g/mol. The molecule has 100 valence electrons. The van der Waals surface area contributed by atoms with Crippen molar-refractivity contribution in [3.8, 4) is 11.5 Å².